The highest BCUT2D eigenvalue weighted by atomic mass is 35.5. The molecule has 0 spiro atoms. The van der Waals surface area contributed by atoms with Crippen LogP contribution in [0.2, 0.25) is 0 Å². The number of amides is 1. The van der Waals surface area contributed by atoms with Crippen molar-refractivity contribution in [2.24, 2.45) is 5.14 Å². The van der Waals surface area contributed by atoms with Crippen molar-refractivity contribution in [2.75, 3.05) is 0 Å². The van der Waals surface area contributed by atoms with Crippen LogP contribution in [-0.4, -0.2) is 30.6 Å². The van der Waals surface area contributed by atoms with E-state index in [1.54, 1.807) is 0 Å². The Hall–Kier alpha value is -1.12. The Bertz CT molecular complexity index is 685. The third kappa shape index (κ3) is 2.82. The molecule has 1 aromatic rings. The minimum Gasteiger partial charge on any atom is -0.368 e. The number of nitrogens with zero attached hydrogens (tertiary/aromatic N) is 1. The van der Waals surface area contributed by atoms with Crippen molar-refractivity contribution in [1.29, 1.82) is 0 Å². The van der Waals surface area contributed by atoms with Gasteiger partial charge in [0.15, 0.2) is 6.23 Å². The van der Waals surface area contributed by atoms with Gasteiger partial charge < -0.3 is 10.0 Å². The van der Waals surface area contributed by atoms with E-state index in [2.05, 4.69) is 0 Å². The molecule has 0 aromatic heterocycles. The van der Waals surface area contributed by atoms with Gasteiger partial charge in [-0.05, 0) is 17.7 Å². The van der Waals surface area contributed by atoms with Crippen molar-refractivity contribution < 1.29 is 18.3 Å². The van der Waals surface area contributed by atoms with Crippen molar-refractivity contribution in [2.45, 2.75) is 17.7 Å². The summed E-state index contributed by atoms with van der Waals surface area (Å²) in [5.41, 5.74) is 0.598. The number of sulfonamides is 1. The molecule has 1 heterocycles. The molecule has 1 aliphatic heterocycles. The van der Waals surface area contributed by atoms with Crippen LogP contribution >= 0.6 is 23.2 Å². The minimum absolute atomic E-state index is 0.0382. The summed E-state index contributed by atoms with van der Waals surface area (Å²) in [4.78, 5) is 12.8. The number of carbonyl (C=O) groups is 1. The van der Waals surface area contributed by atoms with Crippen LogP contribution < -0.4 is 5.14 Å². The fraction of sp³-hybridized carbons (Fsp3) is 0.182. The van der Waals surface area contributed by atoms with E-state index >= 15 is 0 Å². The maximum absolute atomic E-state index is 11.7. The molecule has 3 N–H and O–H groups in total. The molecule has 108 valence electrons. The van der Waals surface area contributed by atoms with Gasteiger partial charge in [0.05, 0.1) is 9.93 Å². The lowest BCUT2D eigenvalue weighted by atomic mass is 10.2. The number of primary sulfonamides is 1. The highest BCUT2D eigenvalue weighted by Crippen LogP contribution is 2.31. The summed E-state index contributed by atoms with van der Waals surface area (Å²) < 4.78 is 22.2. The van der Waals surface area contributed by atoms with Crippen LogP contribution in [0.3, 0.4) is 0 Å². The van der Waals surface area contributed by atoms with Crippen LogP contribution in [-0.2, 0) is 21.4 Å². The summed E-state index contributed by atoms with van der Waals surface area (Å²) in [5.74, 6) is -0.584. The molecule has 1 aliphatic rings. The fourth-order valence-corrected chi connectivity index (χ4v) is 2.65. The summed E-state index contributed by atoms with van der Waals surface area (Å²) in [6.07, 6.45) is -1.30. The first-order chi connectivity index (χ1) is 9.21. The van der Waals surface area contributed by atoms with Gasteiger partial charge in [0.2, 0.25) is 10.0 Å². The smallest absolute Gasteiger partial charge is 0.269 e. The predicted octanol–water partition coefficient (Wildman–Crippen LogP) is 0.684. The van der Waals surface area contributed by atoms with Crippen LogP contribution in [0, 0.1) is 0 Å². The largest absolute Gasteiger partial charge is 0.368 e. The van der Waals surface area contributed by atoms with Gasteiger partial charge in [-0.25, -0.2) is 13.6 Å². The average molecular weight is 337 g/mol. The molecule has 9 heteroatoms. The van der Waals surface area contributed by atoms with Crippen LogP contribution in [0.4, 0.5) is 0 Å². The SMILES string of the molecule is NS(=O)(=O)c1ccc(CN2C(=O)C(Cl)=C(Cl)C2O)cc1. The van der Waals surface area contributed by atoms with Gasteiger partial charge in [-0.2, -0.15) is 0 Å². The summed E-state index contributed by atoms with van der Waals surface area (Å²) in [6, 6.07) is 5.60. The second-order valence-corrected chi connectivity index (χ2v) is 6.50. The third-order valence-corrected chi connectivity index (χ3v) is 4.56. The number of benzene rings is 1. The van der Waals surface area contributed by atoms with Gasteiger partial charge in [0.1, 0.15) is 5.03 Å². The highest BCUT2D eigenvalue weighted by molar-refractivity contribution is 7.89. The van der Waals surface area contributed by atoms with Gasteiger partial charge in [0.25, 0.3) is 5.91 Å². The number of hydrogen-bond donors (Lipinski definition) is 2. The lowest BCUT2D eigenvalue weighted by Crippen LogP contribution is -2.34. The van der Waals surface area contributed by atoms with Crippen molar-refractivity contribution >= 4 is 39.1 Å². The first kappa shape index (κ1) is 15.3. The highest BCUT2D eigenvalue weighted by Gasteiger charge is 2.36. The normalized spacial score (nSPS) is 19.9. The Labute approximate surface area is 125 Å². The lowest BCUT2D eigenvalue weighted by molar-refractivity contribution is -0.132. The zero-order chi connectivity index (χ0) is 15.1. The van der Waals surface area contributed by atoms with Gasteiger partial charge in [0, 0.05) is 6.54 Å². The number of rotatable bonds is 3. The monoisotopic (exact) mass is 336 g/mol. The van der Waals surface area contributed by atoms with Gasteiger partial charge in [-0.1, -0.05) is 35.3 Å². The predicted molar refractivity (Wildman–Crippen MR) is 73.1 cm³/mol. The number of aliphatic hydroxyl groups excluding tert-OH is 1. The van der Waals surface area contributed by atoms with E-state index in [4.69, 9.17) is 28.3 Å². The first-order valence-electron chi connectivity index (χ1n) is 5.38. The fourth-order valence-electron chi connectivity index (χ4n) is 1.73. The number of hydrogen-bond acceptors (Lipinski definition) is 4. The van der Waals surface area contributed by atoms with Gasteiger partial charge >= 0.3 is 0 Å². The average Bonchev–Trinajstić information content (AvgIpc) is 2.56. The molecule has 1 aromatic carbocycles. The van der Waals surface area contributed by atoms with Crippen molar-refractivity contribution in [3.05, 3.63) is 39.9 Å². The lowest BCUT2D eigenvalue weighted by Gasteiger charge is -2.21. The Kier molecular flexibility index (Phi) is 4.08. The number of carbonyl (C=O) groups excluding carboxylic acids is 1. The third-order valence-electron chi connectivity index (χ3n) is 2.79. The molecule has 0 aliphatic carbocycles. The molecule has 1 atom stereocenters. The molecule has 0 saturated carbocycles. The minimum atomic E-state index is -3.77. The molecule has 1 amide bonds. The molecule has 0 bridgehead atoms. The topological polar surface area (TPSA) is 101 Å². The zero-order valence-electron chi connectivity index (χ0n) is 9.95. The number of halogens is 2. The van der Waals surface area contributed by atoms with Gasteiger partial charge in [-0.3, -0.25) is 4.79 Å². The second-order valence-electron chi connectivity index (χ2n) is 4.16. The van der Waals surface area contributed by atoms with Crippen molar-refractivity contribution in [3.63, 3.8) is 0 Å². The molecular weight excluding hydrogens is 327 g/mol. The Morgan fingerprint density at radius 1 is 1.25 bits per heavy atom. The van der Waals surface area contributed by atoms with E-state index in [1.807, 2.05) is 0 Å². The molecule has 6 nitrogen and oxygen atoms in total. The van der Waals surface area contributed by atoms with E-state index in [1.165, 1.54) is 24.3 Å². The molecule has 0 saturated heterocycles. The molecule has 0 fully saturated rings. The molecule has 20 heavy (non-hydrogen) atoms. The summed E-state index contributed by atoms with van der Waals surface area (Å²) in [5, 5.41) is 14.4. The Balaban J connectivity index is 2.19. The van der Waals surface area contributed by atoms with E-state index in [9.17, 15) is 18.3 Å². The Morgan fingerprint density at radius 3 is 2.20 bits per heavy atom. The maximum atomic E-state index is 11.7. The van der Waals surface area contributed by atoms with E-state index in [0.29, 0.717) is 5.56 Å². The van der Waals surface area contributed by atoms with Crippen LogP contribution in [0.1, 0.15) is 5.56 Å². The molecule has 2 rings (SSSR count). The van der Waals surface area contributed by atoms with E-state index < -0.39 is 22.2 Å². The summed E-state index contributed by atoms with van der Waals surface area (Å²) >= 11 is 11.3. The van der Waals surface area contributed by atoms with E-state index in [-0.39, 0.29) is 21.5 Å². The second kappa shape index (κ2) is 5.34. The quantitative estimate of drug-likeness (QED) is 0.847. The standard InChI is InChI=1S/C11H10Cl2N2O4S/c12-8-9(13)11(17)15(10(8)16)5-6-1-3-7(4-2-6)20(14,18)19/h1-4,10,16H,5H2,(H2,14,18,19). The van der Waals surface area contributed by atoms with Gasteiger partial charge in [-0.15, -0.1) is 0 Å². The van der Waals surface area contributed by atoms with Crippen LogP contribution in [0.25, 0.3) is 0 Å². The maximum Gasteiger partial charge on any atom is 0.269 e. The summed E-state index contributed by atoms with van der Waals surface area (Å²) in [6.45, 7) is 0.0390. The zero-order valence-corrected chi connectivity index (χ0v) is 12.3. The molecule has 0 radical (unpaired) electrons. The van der Waals surface area contributed by atoms with Crippen molar-refractivity contribution in [3.8, 4) is 0 Å². The summed E-state index contributed by atoms with van der Waals surface area (Å²) in [7, 11) is -3.77. The first-order valence-corrected chi connectivity index (χ1v) is 7.68. The molecule has 1 unspecified atom stereocenters. The van der Waals surface area contributed by atoms with Crippen molar-refractivity contribution in [1.82, 2.24) is 4.90 Å². The number of nitrogens with two attached hydrogens (primary N) is 1. The van der Waals surface area contributed by atoms with Crippen LogP contribution in [0.5, 0.6) is 0 Å². The number of aliphatic hydroxyl groups is 1. The molecular formula is C11H10Cl2N2O4S. The van der Waals surface area contributed by atoms with Crippen LogP contribution in [0.15, 0.2) is 39.2 Å². The van der Waals surface area contributed by atoms with E-state index in [0.717, 1.165) is 4.90 Å². The Morgan fingerprint density at radius 2 is 1.80 bits per heavy atom.